The van der Waals surface area contributed by atoms with Crippen LogP contribution in [0.5, 0.6) is 0 Å². The summed E-state index contributed by atoms with van der Waals surface area (Å²) in [5.74, 6) is -0.888. The molecule has 13 heteroatoms. The van der Waals surface area contributed by atoms with E-state index < -0.39 is 40.1 Å². The Balaban J connectivity index is 0.000000321. The van der Waals surface area contributed by atoms with E-state index in [-0.39, 0.29) is 6.09 Å². The minimum Gasteiger partial charge on any atom is -0.481 e. The summed E-state index contributed by atoms with van der Waals surface area (Å²) in [5.41, 5.74) is 10.2. The van der Waals surface area contributed by atoms with Crippen molar-refractivity contribution in [3.05, 3.63) is 65.7 Å². The molecule has 13 nitrogen and oxygen atoms in total. The van der Waals surface area contributed by atoms with E-state index >= 15 is 0 Å². The van der Waals surface area contributed by atoms with Gasteiger partial charge in [0.2, 0.25) is 16.7 Å². The van der Waals surface area contributed by atoms with Crippen LogP contribution in [0.25, 0.3) is 27.8 Å². The minimum absolute atomic E-state index is 0.327. The first-order chi connectivity index (χ1) is 28.6. The number of nitrogens with one attached hydrogen (secondary N) is 1. The fourth-order valence-electron chi connectivity index (χ4n) is 10.0. The third-order valence-electron chi connectivity index (χ3n) is 12.2. The molecule has 4 aliphatic carbocycles. The van der Waals surface area contributed by atoms with E-state index in [9.17, 15) is 29.4 Å². The Morgan fingerprint density at radius 2 is 1.33 bits per heavy atom. The molecule has 1 aromatic heterocycles. The lowest BCUT2D eigenvalue weighted by molar-refractivity contribution is -0.538. The van der Waals surface area contributed by atoms with Crippen LogP contribution in [0.15, 0.2) is 54.6 Å². The monoisotopic (exact) mass is 838 g/mol. The lowest BCUT2D eigenvalue weighted by Crippen LogP contribution is -2.57. The van der Waals surface area contributed by atoms with E-state index in [1.54, 1.807) is 4.90 Å². The second kappa shape index (κ2) is 17.6. The van der Waals surface area contributed by atoms with Crippen molar-refractivity contribution >= 4 is 57.6 Å². The van der Waals surface area contributed by atoms with Crippen LogP contribution in [0, 0.1) is 36.5 Å². The second-order valence-corrected chi connectivity index (χ2v) is 19.7. The van der Waals surface area contributed by atoms with Crippen molar-refractivity contribution in [1.29, 1.82) is 0 Å². The molecule has 4 aliphatic rings. The summed E-state index contributed by atoms with van der Waals surface area (Å²) in [6.45, 7) is 16.2. The maximum atomic E-state index is 13.6. The highest BCUT2D eigenvalue weighted by atomic mass is 16.6. The number of aliphatic carboxylic acids is 2. The van der Waals surface area contributed by atoms with Gasteiger partial charge in [-0.15, -0.1) is 4.57 Å². The zero-order valence-corrected chi connectivity index (χ0v) is 37.1. The Morgan fingerprint density at radius 3 is 1.87 bits per heavy atom. The first-order valence-electron chi connectivity index (χ1n) is 21.7. The summed E-state index contributed by atoms with van der Waals surface area (Å²) in [6.07, 6.45) is 7.06. The van der Waals surface area contributed by atoms with Crippen molar-refractivity contribution in [2.75, 3.05) is 23.3 Å². The quantitative estimate of drug-likeness (QED) is 0.0644. The van der Waals surface area contributed by atoms with Crippen molar-refractivity contribution in [3.8, 4) is 5.69 Å². The molecule has 0 aliphatic heterocycles. The highest BCUT2D eigenvalue weighted by Gasteiger charge is 2.63. The van der Waals surface area contributed by atoms with Crippen LogP contribution in [-0.2, 0) is 19.1 Å². The number of nitrogens with two attached hydrogens (primary N) is 1. The molecule has 5 N–H and O–H groups in total. The number of carbonyl (C=O) groups is 4. The SMILES string of the molecule is Cc1cc2nc3cc(C)c(N(CCCCCCN)C(=O)OC(C)(C)C)cc3[n+](-c3ccccc3)c2cc1NC(=O)OC(C)(C)C.O=C(O)C12CC3CC(C1)CC(C(=O)O)(C3)C2. The van der Waals surface area contributed by atoms with Gasteiger partial charge in [-0.3, -0.25) is 19.8 Å². The molecule has 3 aromatic carbocycles. The predicted octanol–water partition coefficient (Wildman–Crippen LogP) is 9.63. The normalized spacial score (nSPS) is 21.7. The van der Waals surface area contributed by atoms with Crippen LogP contribution < -0.4 is 20.5 Å². The van der Waals surface area contributed by atoms with Gasteiger partial charge < -0.3 is 25.4 Å². The predicted molar refractivity (Wildman–Crippen MR) is 236 cm³/mol. The van der Waals surface area contributed by atoms with Crippen molar-refractivity contribution in [1.82, 2.24) is 4.98 Å². The molecule has 0 saturated heterocycles. The maximum absolute atomic E-state index is 13.6. The smallest absolute Gasteiger partial charge is 0.414 e. The summed E-state index contributed by atoms with van der Waals surface area (Å²) in [7, 11) is 0. The number of aromatic nitrogens is 2. The lowest BCUT2D eigenvalue weighted by atomic mass is 9.44. The van der Waals surface area contributed by atoms with E-state index in [4.69, 9.17) is 20.2 Å². The molecule has 328 valence electrons. The number of fused-ring (bicyclic) bond motifs is 2. The average Bonchev–Trinajstić information content (AvgIpc) is 3.14. The van der Waals surface area contributed by atoms with Crippen molar-refractivity contribution in [2.45, 2.75) is 131 Å². The Labute approximate surface area is 359 Å². The number of hydrogen-bond donors (Lipinski definition) is 4. The van der Waals surface area contributed by atoms with Gasteiger partial charge in [-0.2, -0.15) is 0 Å². The van der Waals surface area contributed by atoms with E-state index in [1.807, 2.05) is 110 Å². The van der Waals surface area contributed by atoms with Crippen LogP contribution in [-0.4, -0.2) is 63.6 Å². The fraction of sp³-hybridized carbons (Fsp3) is 0.542. The number of rotatable bonds is 11. The molecule has 4 saturated carbocycles. The molecule has 0 unspecified atom stereocenters. The molecule has 4 aromatic rings. The van der Waals surface area contributed by atoms with Crippen LogP contribution in [0.3, 0.4) is 0 Å². The van der Waals surface area contributed by atoms with Gasteiger partial charge in [-0.1, -0.05) is 31.0 Å². The highest BCUT2D eigenvalue weighted by molar-refractivity contribution is 5.95. The number of carboxylic acids is 2. The Kier molecular flexibility index (Phi) is 13.0. The van der Waals surface area contributed by atoms with Gasteiger partial charge in [-0.05, 0) is 148 Å². The van der Waals surface area contributed by atoms with Crippen LogP contribution >= 0.6 is 0 Å². The maximum Gasteiger partial charge on any atom is 0.414 e. The molecule has 4 bridgehead atoms. The number of benzene rings is 3. The summed E-state index contributed by atoms with van der Waals surface area (Å²) < 4.78 is 13.5. The standard InChI is InChI=1S/C36H47N5O4.C12H16O4/c1-24-20-28-31(22-27(24)39-33(42)44-35(3,4)5)41(26-16-12-11-13-17-26)32-23-30(25(2)21-29(32)38-28)40(19-15-10-9-14-18-37)34(43)45-36(6,7)8;13-9(14)11-2-7-1-8(4-11)5-12(3-7,6-11)10(15)16/h11-13,16-17,20-23H,9-10,14-15,18-19,37H2,1-8H3;7-8H,1-6H2,(H,13,14)(H,15,16)/p+1. The van der Waals surface area contributed by atoms with Gasteiger partial charge in [0.1, 0.15) is 22.2 Å². The summed E-state index contributed by atoms with van der Waals surface area (Å²) in [5, 5.41) is 21.7. The van der Waals surface area contributed by atoms with Gasteiger partial charge >= 0.3 is 24.1 Å². The van der Waals surface area contributed by atoms with Crippen LogP contribution in [0.1, 0.15) is 117 Å². The number of anilines is 2. The first-order valence-corrected chi connectivity index (χ1v) is 21.7. The molecule has 2 amide bonds. The van der Waals surface area contributed by atoms with E-state index in [2.05, 4.69) is 9.88 Å². The Morgan fingerprint density at radius 1 is 0.787 bits per heavy atom. The van der Waals surface area contributed by atoms with Gasteiger partial charge in [0.05, 0.1) is 22.2 Å². The number of ether oxygens (including phenoxy) is 2. The number of carbonyl (C=O) groups excluding carboxylic acids is 2. The van der Waals surface area contributed by atoms with Crippen molar-refractivity contribution in [3.63, 3.8) is 0 Å². The fourth-order valence-corrected chi connectivity index (χ4v) is 10.0. The summed E-state index contributed by atoms with van der Waals surface area (Å²) in [4.78, 5) is 56.0. The zero-order valence-electron chi connectivity index (χ0n) is 37.1. The van der Waals surface area contributed by atoms with E-state index in [1.165, 1.54) is 0 Å². The molecule has 0 spiro atoms. The minimum atomic E-state index is -0.771. The third-order valence-corrected chi connectivity index (χ3v) is 12.2. The Hall–Kier alpha value is -5.30. The molecule has 8 rings (SSSR count). The van der Waals surface area contributed by atoms with Gasteiger partial charge in [0.15, 0.2) is 0 Å². The lowest BCUT2D eigenvalue weighted by Gasteiger charge is -2.58. The van der Waals surface area contributed by atoms with Gasteiger partial charge in [-0.25, -0.2) is 14.6 Å². The number of carboxylic acid groups (broad SMARTS) is 2. The second-order valence-electron chi connectivity index (χ2n) is 19.7. The van der Waals surface area contributed by atoms with Crippen LogP contribution in [0.2, 0.25) is 0 Å². The van der Waals surface area contributed by atoms with Gasteiger partial charge in [0, 0.05) is 30.8 Å². The third kappa shape index (κ3) is 10.3. The summed E-state index contributed by atoms with van der Waals surface area (Å²) >= 11 is 0. The highest BCUT2D eigenvalue weighted by Crippen LogP contribution is 2.65. The number of amides is 2. The number of nitrogens with zero attached hydrogens (tertiary/aromatic N) is 3. The molecule has 4 fully saturated rings. The largest absolute Gasteiger partial charge is 0.481 e. The first kappa shape index (κ1) is 45.2. The number of unbranched alkanes of at least 4 members (excludes halogenated alkanes) is 3. The van der Waals surface area contributed by atoms with Crippen molar-refractivity contribution < 1.29 is 43.4 Å². The molecule has 0 atom stereocenters. The van der Waals surface area contributed by atoms with Crippen molar-refractivity contribution in [2.24, 2.45) is 28.4 Å². The molecule has 0 radical (unpaired) electrons. The average molecular weight is 839 g/mol. The molecular weight excluding hydrogens is 775 g/mol. The zero-order chi connectivity index (χ0) is 44.5. The molecular formula is C48H64N5O8+. The molecule has 1 heterocycles. The van der Waals surface area contributed by atoms with Crippen LogP contribution in [0.4, 0.5) is 21.0 Å². The van der Waals surface area contributed by atoms with E-state index in [0.29, 0.717) is 62.7 Å². The Bertz CT molecular complexity index is 2250. The molecule has 61 heavy (non-hydrogen) atoms. The number of aryl methyl sites for hydroxylation is 2. The topological polar surface area (TPSA) is 185 Å². The van der Waals surface area contributed by atoms with E-state index in [0.717, 1.165) is 76.7 Å². The number of hydrogen-bond acceptors (Lipinski definition) is 8. The number of para-hydroxylation sites is 1. The summed E-state index contributed by atoms with van der Waals surface area (Å²) in [6, 6.07) is 17.9. The van der Waals surface area contributed by atoms with Gasteiger partial charge in [0.25, 0.3) is 0 Å².